The van der Waals surface area contributed by atoms with E-state index in [4.69, 9.17) is 5.73 Å². The van der Waals surface area contributed by atoms with Crippen LogP contribution in [0.15, 0.2) is 23.1 Å². The Morgan fingerprint density at radius 2 is 2.00 bits per heavy atom. The Balaban J connectivity index is 1.79. The molecule has 4 N–H and O–H groups in total. The zero-order valence-corrected chi connectivity index (χ0v) is 12.6. The van der Waals surface area contributed by atoms with Crippen LogP contribution in [0.2, 0.25) is 0 Å². The minimum atomic E-state index is -0.253. The van der Waals surface area contributed by atoms with Gasteiger partial charge in [0.1, 0.15) is 0 Å². The first-order valence-corrected chi connectivity index (χ1v) is 7.80. The number of hydrogen-bond acceptors (Lipinski definition) is 4. The van der Waals surface area contributed by atoms with Crippen molar-refractivity contribution < 1.29 is 9.59 Å². The van der Waals surface area contributed by atoms with Crippen LogP contribution >= 0.6 is 0 Å². The number of carbonyl (C=O) groups is 2. The van der Waals surface area contributed by atoms with E-state index in [1.807, 2.05) is 0 Å². The predicted molar refractivity (Wildman–Crippen MR) is 83.6 cm³/mol. The summed E-state index contributed by atoms with van der Waals surface area (Å²) in [4.78, 5) is 37.4. The molecule has 0 aromatic carbocycles. The summed E-state index contributed by atoms with van der Waals surface area (Å²) in [5.74, 6) is 0.349. The lowest BCUT2D eigenvalue weighted by Gasteiger charge is -2.28. The van der Waals surface area contributed by atoms with Crippen LogP contribution in [0.4, 0.5) is 0 Å². The molecule has 1 aromatic heterocycles. The molecule has 2 rings (SSSR count). The molecule has 1 fully saturated rings. The van der Waals surface area contributed by atoms with Gasteiger partial charge in [0.15, 0.2) is 5.78 Å². The van der Waals surface area contributed by atoms with Crippen molar-refractivity contribution in [3.05, 3.63) is 34.2 Å². The normalized spacial score (nSPS) is 21.3. The highest BCUT2D eigenvalue weighted by molar-refractivity contribution is 5.96. The Hall–Kier alpha value is -1.95. The Kier molecular flexibility index (Phi) is 5.89. The standard InChI is InChI=1S/C16H23N3O3/c17-7-5-15(21)19-13-3-1-11(2-4-13)9-14(20)12-6-8-18-16(22)10-12/h6,8,10-11,13H,1-5,7,9,17H2,(H,18,22)(H,19,21). The molecule has 0 unspecified atom stereocenters. The minimum Gasteiger partial charge on any atom is -0.353 e. The van der Waals surface area contributed by atoms with Crippen molar-refractivity contribution >= 4 is 11.7 Å². The molecule has 0 spiro atoms. The Morgan fingerprint density at radius 3 is 2.64 bits per heavy atom. The van der Waals surface area contributed by atoms with Crippen LogP contribution in [-0.4, -0.2) is 29.3 Å². The average molecular weight is 305 g/mol. The number of H-pyrrole nitrogens is 1. The lowest BCUT2D eigenvalue weighted by Crippen LogP contribution is -2.38. The number of aromatic nitrogens is 1. The first-order chi connectivity index (χ1) is 10.6. The monoisotopic (exact) mass is 305 g/mol. The smallest absolute Gasteiger partial charge is 0.248 e. The van der Waals surface area contributed by atoms with Gasteiger partial charge in [0.05, 0.1) is 0 Å². The number of carbonyl (C=O) groups excluding carboxylic acids is 2. The number of amides is 1. The van der Waals surface area contributed by atoms with Gasteiger partial charge in [-0.2, -0.15) is 0 Å². The molecule has 6 heteroatoms. The maximum absolute atomic E-state index is 12.2. The van der Waals surface area contributed by atoms with Gasteiger partial charge in [0.2, 0.25) is 11.5 Å². The fourth-order valence-electron chi connectivity index (χ4n) is 2.94. The van der Waals surface area contributed by atoms with Crippen molar-refractivity contribution in [2.24, 2.45) is 11.7 Å². The van der Waals surface area contributed by atoms with E-state index in [2.05, 4.69) is 10.3 Å². The molecule has 0 bridgehead atoms. The van der Waals surface area contributed by atoms with Crippen LogP contribution in [0.25, 0.3) is 0 Å². The maximum atomic E-state index is 12.2. The summed E-state index contributed by atoms with van der Waals surface area (Å²) in [5, 5.41) is 2.98. The zero-order valence-electron chi connectivity index (χ0n) is 12.6. The molecule has 0 saturated heterocycles. The summed E-state index contributed by atoms with van der Waals surface area (Å²) in [5.41, 5.74) is 5.58. The molecular formula is C16H23N3O3. The quantitative estimate of drug-likeness (QED) is 0.681. The van der Waals surface area contributed by atoms with E-state index in [1.54, 1.807) is 6.07 Å². The minimum absolute atomic E-state index is 0.00513. The Morgan fingerprint density at radius 1 is 1.27 bits per heavy atom. The first kappa shape index (κ1) is 16.4. The van der Waals surface area contributed by atoms with E-state index >= 15 is 0 Å². The second kappa shape index (κ2) is 7.89. The van der Waals surface area contributed by atoms with Gasteiger partial charge in [-0.05, 0) is 37.7 Å². The second-order valence-corrected chi connectivity index (χ2v) is 5.89. The molecular weight excluding hydrogens is 282 g/mol. The zero-order chi connectivity index (χ0) is 15.9. The summed E-state index contributed by atoms with van der Waals surface area (Å²) in [6, 6.07) is 3.19. The summed E-state index contributed by atoms with van der Waals surface area (Å²) < 4.78 is 0. The topological polar surface area (TPSA) is 105 Å². The lowest BCUT2D eigenvalue weighted by atomic mass is 9.82. The molecule has 120 valence electrons. The molecule has 0 aliphatic heterocycles. The molecule has 6 nitrogen and oxygen atoms in total. The molecule has 1 amide bonds. The van der Waals surface area contributed by atoms with Crippen molar-refractivity contribution in [3.8, 4) is 0 Å². The molecule has 1 saturated carbocycles. The van der Waals surface area contributed by atoms with Gasteiger partial charge in [0, 0.05) is 43.3 Å². The third-order valence-corrected chi connectivity index (χ3v) is 4.15. The van der Waals surface area contributed by atoms with Crippen LogP contribution in [0.3, 0.4) is 0 Å². The molecule has 0 radical (unpaired) electrons. The van der Waals surface area contributed by atoms with E-state index in [0.29, 0.717) is 30.9 Å². The van der Waals surface area contributed by atoms with Gasteiger partial charge in [0.25, 0.3) is 0 Å². The number of Topliss-reactive ketones (excluding diaryl/α,β-unsaturated/α-hetero) is 1. The van der Waals surface area contributed by atoms with Crippen molar-refractivity contribution in [2.75, 3.05) is 6.54 Å². The van der Waals surface area contributed by atoms with Gasteiger partial charge in [-0.3, -0.25) is 14.4 Å². The molecule has 1 aliphatic carbocycles. The summed E-state index contributed by atoms with van der Waals surface area (Å²) in [6.07, 6.45) is 5.95. The highest BCUT2D eigenvalue weighted by atomic mass is 16.1. The number of hydrogen-bond donors (Lipinski definition) is 3. The third-order valence-electron chi connectivity index (χ3n) is 4.15. The van der Waals surface area contributed by atoms with E-state index in [-0.39, 0.29) is 23.3 Å². The lowest BCUT2D eigenvalue weighted by molar-refractivity contribution is -0.121. The van der Waals surface area contributed by atoms with Crippen LogP contribution in [-0.2, 0) is 4.79 Å². The number of ketones is 1. The summed E-state index contributed by atoms with van der Waals surface area (Å²) in [7, 11) is 0. The SMILES string of the molecule is NCCC(=O)NC1CCC(CC(=O)c2cc[nH]c(=O)c2)CC1. The predicted octanol–water partition coefficient (Wildman–Crippen LogP) is 0.971. The highest BCUT2D eigenvalue weighted by Gasteiger charge is 2.24. The molecule has 1 heterocycles. The van der Waals surface area contributed by atoms with Gasteiger partial charge in [-0.15, -0.1) is 0 Å². The summed E-state index contributed by atoms with van der Waals surface area (Å²) >= 11 is 0. The fraction of sp³-hybridized carbons (Fsp3) is 0.562. The van der Waals surface area contributed by atoms with E-state index < -0.39 is 0 Å². The second-order valence-electron chi connectivity index (χ2n) is 5.89. The molecule has 1 aliphatic rings. The van der Waals surface area contributed by atoms with Crippen molar-refractivity contribution in [2.45, 2.75) is 44.6 Å². The van der Waals surface area contributed by atoms with Gasteiger partial charge in [-0.25, -0.2) is 0 Å². The summed E-state index contributed by atoms with van der Waals surface area (Å²) in [6.45, 7) is 0.367. The van der Waals surface area contributed by atoms with E-state index in [1.165, 1.54) is 12.3 Å². The average Bonchev–Trinajstić information content (AvgIpc) is 2.49. The number of aromatic amines is 1. The molecule has 22 heavy (non-hydrogen) atoms. The number of nitrogens with one attached hydrogen (secondary N) is 2. The van der Waals surface area contributed by atoms with Crippen LogP contribution < -0.4 is 16.6 Å². The van der Waals surface area contributed by atoms with E-state index in [9.17, 15) is 14.4 Å². The third kappa shape index (κ3) is 4.80. The van der Waals surface area contributed by atoms with Gasteiger partial charge < -0.3 is 16.0 Å². The number of nitrogens with two attached hydrogens (primary N) is 1. The Bertz CT molecular complexity index is 574. The largest absolute Gasteiger partial charge is 0.353 e. The van der Waals surface area contributed by atoms with E-state index in [0.717, 1.165) is 25.7 Å². The van der Waals surface area contributed by atoms with Crippen LogP contribution in [0.5, 0.6) is 0 Å². The first-order valence-electron chi connectivity index (χ1n) is 7.80. The molecule has 1 aromatic rings. The number of pyridine rings is 1. The fourth-order valence-corrected chi connectivity index (χ4v) is 2.94. The van der Waals surface area contributed by atoms with Gasteiger partial charge >= 0.3 is 0 Å². The Labute approximate surface area is 129 Å². The highest BCUT2D eigenvalue weighted by Crippen LogP contribution is 2.28. The van der Waals surface area contributed by atoms with Crippen LogP contribution in [0.1, 0.15) is 48.9 Å². The number of rotatable bonds is 6. The maximum Gasteiger partial charge on any atom is 0.248 e. The van der Waals surface area contributed by atoms with Crippen LogP contribution in [0, 0.1) is 5.92 Å². The molecule has 0 atom stereocenters. The van der Waals surface area contributed by atoms with Crippen molar-refractivity contribution in [1.29, 1.82) is 0 Å². The van der Waals surface area contributed by atoms with Gasteiger partial charge in [-0.1, -0.05) is 0 Å². The van der Waals surface area contributed by atoms with Crippen molar-refractivity contribution in [1.82, 2.24) is 10.3 Å². The van der Waals surface area contributed by atoms with Crippen molar-refractivity contribution in [3.63, 3.8) is 0 Å².